The molecular weight excluding hydrogens is 383 g/mol. The van der Waals surface area contributed by atoms with Crippen LogP contribution in [0.3, 0.4) is 0 Å². The molecule has 0 N–H and O–H groups in total. The zero-order valence-corrected chi connectivity index (χ0v) is 15.7. The van der Waals surface area contributed by atoms with Gasteiger partial charge in [-0.05, 0) is 42.8 Å². The molecule has 0 bridgehead atoms. The molecule has 0 aliphatic rings. The monoisotopic (exact) mass is 404 g/mol. The number of rotatable bonds is 10. The molecule has 2 aromatic carbocycles. The number of alkyl halides is 4. The van der Waals surface area contributed by atoms with E-state index in [1.54, 1.807) is 0 Å². The molecule has 7 heteroatoms. The van der Waals surface area contributed by atoms with Gasteiger partial charge in [0, 0.05) is 16.0 Å². The summed E-state index contributed by atoms with van der Waals surface area (Å²) in [6.45, 7) is 2.54. The molecule has 0 aromatic heterocycles. The Labute approximate surface area is 160 Å². The van der Waals surface area contributed by atoms with Gasteiger partial charge in [0.15, 0.2) is 0 Å². The van der Waals surface area contributed by atoms with Crippen molar-refractivity contribution in [2.24, 2.45) is 0 Å². The Balaban J connectivity index is 2.09. The summed E-state index contributed by atoms with van der Waals surface area (Å²) in [5, 5.41) is 0. The minimum atomic E-state index is -4.44. The van der Waals surface area contributed by atoms with Gasteiger partial charge in [0.05, 0.1) is 18.8 Å². The lowest BCUT2D eigenvalue weighted by atomic mass is 9.96. The van der Waals surface area contributed by atoms with Gasteiger partial charge in [0.2, 0.25) is 0 Å². The molecule has 0 radical (unpaired) electrons. The van der Waals surface area contributed by atoms with Crippen LogP contribution in [0.4, 0.5) is 21.4 Å². The molecule has 0 atom stereocenters. The summed E-state index contributed by atoms with van der Waals surface area (Å²) in [5.74, 6) is -8.50. The molecule has 2 rings (SSSR count). The Morgan fingerprint density at radius 1 is 0.778 bits per heavy atom. The van der Waals surface area contributed by atoms with Crippen molar-refractivity contribution >= 4 is 12.1 Å². The predicted octanol–water partition coefficient (Wildman–Crippen LogP) is 7.51. The third-order valence-corrected chi connectivity index (χ3v) is 4.63. The van der Waals surface area contributed by atoms with Crippen molar-refractivity contribution in [1.29, 1.82) is 0 Å². The minimum Gasteiger partial charge on any atom is -0.494 e. The van der Waals surface area contributed by atoms with Crippen LogP contribution in [0.1, 0.15) is 43.7 Å². The van der Waals surface area contributed by atoms with Gasteiger partial charge in [-0.1, -0.05) is 38.3 Å². The highest BCUT2D eigenvalue weighted by Gasteiger charge is 2.58. The van der Waals surface area contributed by atoms with Crippen molar-refractivity contribution in [3.8, 4) is 5.75 Å². The first kappa shape index (κ1) is 21.5. The van der Waals surface area contributed by atoms with Crippen LogP contribution in [0.5, 0.6) is 5.75 Å². The molecule has 148 valence electrons. The van der Waals surface area contributed by atoms with Gasteiger partial charge in [-0.2, -0.15) is 21.4 Å². The normalized spacial score (nSPS) is 12.2. The second-order valence-electron chi connectivity index (χ2n) is 6.18. The smallest absolute Gasteiger partial charge is 0.339 e. The summed E-state index contributed by atoms with van der Waals surface area (Å²) in [4.78, 5) is 0.0679. The van der Waals surface area contributed by atoms with Crippen molar-refractivity contribution < 1.29 is 26.2 Å². The Morgan fingerprint density at radius 2 is 1.30 bits per heavy atom. The lowest BCUT2D eigenvalue weighted by Crippen LogP contribution is -2.35. The summed E-state index contributed by atoms with van der Waals surface area (Å²) >= 11 is -0.142. The number of hydrogen-bond acceptors (Lipinski definition) is 2. The Morgan fingerprint density at radius 3 is 1.78 bits per heavy atom. The van der Waals surface area contributed by atoms with E-state index in [9.17, 15) is 21.4 Å². The van der Waals surface area contributed by atoms with E-state index in [0.29, 0.717) is 12.4 Å². The minimum absolute atomic E-state index is 0.0679. The van der Waals surface area contributed by atoms with Crippen molar-refractivity contribution in [2.45, 2.75) is 49.3 Å². The van der Waals surface area contributed by atoms with Gasteiger partial charge in [-0.25, -0.2) is 0 Å². The number of unbranched alkanes of at least 4 members (excludes halogenated alkanes) is 3. The van der Waals surface area contributed by atoms with Crippen LogP contribution in [0.15, 0.2) is 53.4 Å². The Bertz CT molecular complexity index is 701. The standard InChI is InChI=1S/C20H21F5OS/c1-2-3-4-5-14-26-17-10-6-15(7-11-17)19(21,22)20(23,24)16-8-12-18(27-25)13-9-16/h6-13H,2-5,14H2,1H3. The van der Waals surface area contributed by atoms with Gasteiger partial charge in [-0.3, -0.25) is 0 Å². The average Bonchev–Trinajstić information content (AvgIpc) is 2.68. The van der Waals surface area contributed by atoms with Crippen LogP contribution < -0.4 is 4.74 Å². The molecule has 27 heavy (non-hydrogen) atoms. The highest BCUT2D eigenvalue weighted by Crippen LogP contribution is 2.49. The van der Waals surface area contributed by atoms with Gasteiger partial charge in [0.25, 0.3) is 0 Å². The molecule has 1 nitrogen and oxygen atoms in total. The number of halogens is 5. The summed E-state index contributed by atoms with van der Waals surface area (Å²) in [7, 11) is 0. The third kappa shape index (κ3) is 5.15. The largest absolute Gasteiger partial charge is 0.494 e. The average molecular weight is 404 g/mol. The maximum Gasteiger partial charge on any atom is 0.339 e. The van der Waals surface area contributed by atoms with Crippen LogP contribution in [-0.4, -0.2) is 6.61 Å². The first-order valence-corrected chi connectivity index (χ1v) is 9.42. The molecular formula is C20H21F5OS. The number of ether oxygens (including phenoxy) is 1. The highest BCUT2D eigenvalue weighted by molar-refractivity contribution is 7.94. The summed E-state index contributed by atoms with van der Waals surface area (Å²) in [6.07, 6.45) is 4.04. The zero-order chi connectivity index (χ0) is 19.9. The fraction of sp³-hybridized carbons (Fsp3) is 0.400. The maximum atomic E-state index is 14.5. The molecule has 0 spiro atoms. The van der Waals surface area contributed by atoms with Gasteiger partial charge >= 0.3 is 11.8 Å². The molecule has 0 aliphatic heterocycles. The Kier molecular flexibility index (Phi) is 7.53. The van der Waals surface area contributed by atoms with Crippen molar-refractivity contribution in [2.75, 3.05) is 6.61 Å². The van der Waals surface area contributed by atoms with E-state index in [0.717, 1.165) is 62.1 Å². The molecule has 0 fully saturated rings. The van der Waals surface area contributed by atoms with Gasteiger partial charge < -0.3 is 4.74 Å². The lowest BCUT2D eigenvalue weighted by molar-refractivity contribution is -0.223. The van der Waals surface area contributed by atoms with E-state index in [4.69, 9.17) is 4.74 Å². The topological polar surface area (TPSA) is 9.23 Å². The molecule has 0 amide bonds. The van der Waals surface area contributed by atoms with Crippen LogP contribution in [0.2, 0.25) is 0 Å². The predicted molar refractivity (Wildman–Crippen MR) is 97.3 cm³/mol. The first-order chi connectivity index (χ1) is 12.8. The zero-order valence-electron chi connectivity index (χ0n) is 14.9. The molecule has 0 aliphatic carbocycles. The quantitative estimate of drug-likeness (QED) is 0.299. The van der Waals surface area contributed by atoms with Crippen molar-refractivity contribution in [3.63, 3.8) is 0 Å². The summed E-state index contributed by atoms with van der Waals surface area (Å²) in [5.41, 5.74) is -1.68. The second kappa shape index (κ2) is 9.44. The number of hydrogen-bond donors (Lipinski definition) is 0. The highest BCUT2D eigenvalue weighted by atomic mass is 32.2. The van der Waals surface area contributed by atoms with E-state index in [2.05, 4.69) is 6.92 Å². The first-order valence-electron chi connectivity index (χ1n) is 8.71. The van der Waals surface area contributed by atoms with E-state index < -0.39 is 23.0 Å². The van der Waals surface area contributed by atoms with E-state index in [-0.39, 0.29) is 17.0 Å². The van der Waals surface area contributed by atoms with Gasteiger partial charge in [-0.15, -0.1) is 0 Å². The van der Waals surface area contributed by atoms with E-state index >= 15 is 0 Å². The van der Waals surface area contributed by atoms with Gasteiger partial charge in [0.1, 0.15) is 5.75 Å². The molecule has 2 aromatic rings. The Hall–Kier alpha value is -1.76. The summed E-state index contributed by atoms with van der Waals surface area (Å²) in [6, 6.07) is 8.12. The molecule has 0 saturated carbocycles. The maximum absolute atomic E-state index is 14.5. The fourth-order valence-corrected chi connectivity index (χ4v) is 2.80. The van der Waals surface area contributed by atoms with Crippen LogP contribution in [-0.2, 0) is 11.8 Å². The molecule has 0 heterocycles. The molecule has 0 unspecified atom stereocenters. The number of benzene rings is 2. The molecule has 0 saturated heterocycles. The van der Waals surface area contributed by atoms with Crippen molar-refractivity contribution in [3.05, 3.63) is 59.7 Å². The van der Waals surface area contributed by atoms with Crippen LogP contribution in [0.25, 0.3) is 0 Å². The van der Waals surface area contributed by atoms with E-state index in [1.165, 1.54) is 12.1 Å². The SMILES string of the molecule is CCCCCCOc1ccc(C(F)(F)C(F)(F)c2ccc(SF)cc2)cc1. The fourth-order valence-electron chi connectivity index (χ4n) is 2.56. The third-order valence-electron chi connectivity index (χ3n) is 4.18. The van der Waals surface area contributed by atoms with Crippen LogP contribution in [0, 0.1) is 0 Å². The second-order valence-corrected chi connectivity index (χ2v) is 6.81. The van der Waals surface area contributed by atoms with Crippen molar-refractivity contribution in [1.82, 2.24) is 0 Å². The lowest BCUT2D eigenvalue weighted by Gasteiger charge is -2.27. The van der Waals surface area contributed by atoms with E-state index in [1.807, 2.05) is 0 Å². The van der Waals surface area contributed by atoms with Crippen LogP contribution >= 0.6 is 12.1 Å². The summed E-state index contributed by atoms with van der Waals surface area (Å²) < 4.78 is 75.6.